The SMILES string of the molecule is COc1ccc(-c2nnc(C(=O)N3CC(Oc4ccc(CN5CCC(F)(CO)CC5)cc4)C3)o2)cc1. The number of likely N-dealkylation sites (tertiary alicyclic amines) is 2. The number of benzene rings is 2. The summed E-state index contributed by atoms with van der Waals surface area (Å²) in [6, 6.07) is 15.0. The van der Waals surface area contributed by atoms with Crippen LogP contribution in [0.3, 0.4) is 0 Å². The van der Waals surface area contributed by atoms with Crippen molar-refractivity contribution in [2.75, 3.05) is 39.9 Å². The highest BCUT2D eigenvalue weighted by Gasteiger charge is 2.36. The molecule has 0 unspecified atom stereocenters. The summed E-state index contributed by atoms with van der Waals surface area (Å²) in [7, 11) is 1.59. The van der Waals surface area contributed by atoms with E-state index >= 15 is 0 Å². The van der Waals surface area contributed by atoms with Crippen molar-refractivity contribution in [3.8, 4) is 23.0 Å². The van der Waals surface area contributed by atoms with Gasteiger partial charge < -0.3 is 23.9 Å². The van der Waals surface area contributed by atoms with E-state index in [0.29, 0.717) is 50.3 Å². The highest BCUT2D eigenvalue weighted by molar-refractivity contribution is 5.90. The average molecular weight is 497 g/mol. The van der Waals surface area contributed by atoms with E-state index in [1.807, 2.05) is 24.3 Å². The summed E-state index contributed by atoms with van der Waals surface area (Å²) >= 11 is 0. The van der Waals surface area contributed by atoms with Crippen LogP contribution in [0.25, 0.3) is 11.5 Å². The van der Waals surface area contributed by atoms with Gasteiger partial charge in [-0.3, -0.25) is 9.69 Å². The number of ether oxygens (including phenoxy) is 2. The Kier molecular flexibility index (Phi) is 6.88. The maximum absolute atomic E-state index is 14.2. The molecule has 0 atom stereocenters. The molecule has 36 heavy (non-hydrogen) atoms. The quantitative estimate of drug-likeness (QED) is 0.508. The molecular weight excluding hydrogens is 467 g/mol. The van der Waals surface area contributed by atoms with Crippen LogP contribution < -0.4 is 9.47 Å². The monoisotopic (exact) mass is 496 g/mol. The molecule has 2 aliphatic rings. The predicted molar refractivity (Wildman–Crippen MR) is 128 cm³/mol. The first kappa shape index (κ1) is 24.2. The van der Waals surface area contributed by atoms with E-state index in [9.17, 15) is 14.3 Å². The van der Waals surface area contributed by atoms with E-state index in [1.54, 1.807) is 36.3 Å². The molecule has 0 bridgehead atoms. The molecule has 0 aliphatic carbocycles. The van der Waals surface area contributed by atoms with Crippen LogP contribution in [-0.4, -0.2) is 82.7 Å². The van der Waals surface area contributed by atoms with Gasteiger partial charge in [0.15, 0.2) is 0 Å². The highest BCUT2D eigenvalue weighted by Crippen LogP contribution is 2.27. The minimum Gasteiger partial charge on any atom is -0.497 e. The minimum absolute atomic E-state index is 0.0506. The average Bonchev–Trinajstić information content (AvgIpc) is 3.38. The highest BCUT2D eigenvalue weighted by atomic mass is 19.1. The van der Waals surface area contributed by atoms with Gasteiger partial charge in [0, 0.05) is 25.2 Å². The number of hydrogen-bond acceptors (Lipinski definition) is 8. The number of alkyl halides is 1. The van der Waals surface area contributed by atoms with Crippen LogP contribution in [0, 0.1) is 0 Å². The van der Waals surface area contributed by atoms with Crippen LogP contribution in [0.1, 0.15) is 29.1 Å². The van der Waals surface area contributed by atoms with E-state index in [0.717, 1.165) is 17.9 Å². The lowest BCUT2D eigenvalue weighted by atomic mass is 9.94. The molecule has 0 spiro atoms. The first-order chi connectivity index (χ1) is 17.4. The Bertz CT molecular complexity index is 1170. The van der Waals surface area contributed by atoms with E-state index in [2.05, 4.69) is 15.1 Å². The van der Waals surface area contributed by atoms with Crippen molar-refractivity contribution in [1.82, 2.24) is 20.0 Å². The van der Waals surface area contributed by atoms with Crippen LogP contribution >= 0.6 is 0 Å². The number of carbonyl (C=O) groups excluding carboxylic acids is 1. The Labute approximate surface area is 208 Å². The van der Waals surface area contributed by atoms with Crippen LogP contribution in [0.2, 0.25) is 0 Å². The fourth-order valence-corrected chi connectivity index (χ4v) is 4.37. The molecule has 1 aromatic heterocycles. The van der Waals surface area contributed by atoms with Crippen LogP contribution in [0.5, 0.6) is 11.5 Å². The fourth-order valence-electron chi connectivity index (χ4n) is 4.37. The summed E-state index contributed by atoms with van der Waals surface area (Å²) in [5.41, 5.74) is 0.387. The molecule has 1 amide bonds. The number of carbonyl (C=O) groups is 1. The topological polar surface area (TPSA) is 101 Å². The maximum atomic E-state index is 14.2. The van der Waals surface area contributed by atoms with Gasteiger partial charge in [-0.2, -0.15) is 0 Å². The Morgan fingerprint density at radius 1 is 1.08 bits per heavy atom. The molecule has 9 nitrogen and oxygen atoms in total. The number of rotatable bonds is 8. The number of aliphatic hydroxyl groups excluding tert-OH is 1. The molecule has 3 heterocycles. The molecule has 5 rings (SSSR count). The second kappa shape index (κ2) is 10.2. The molecule has 2 saturated heterocycles. The molecule has 1 N–H and O–H groups in total. The number of halogens is 1. The Hall–Kier alpha value is -3.50. The lowest BCUT2D eigenvalue weighted by molar-refractivity contribution is 0.00670. The van der Waals surface area contributed by atoms with Crippen molar-refractivity contribution in [2.45, 2.75) is 31.2 Å². The van der Waals surface area contributed by atoms with Gasteiger partial charge in [0.1, 0.15) is 23.3 Å². The van der Waals surface area contributed by atoms with E-state index in [1.165, 1.54) is 0 Å². The van der Waals surface area contributed by atoms with Gasteiger partial charge in [0.25, 0.3) is 0 Å². The normalized spacial score (nSPS) is 18.0. The fraction of sp³-hybridized carbons (Fsp3) is 0.423. The van der Waals surface area contributed by atoms with Gasteiger partial charge >= 0.3 is 11.8 Å². The molecule has 2 fully saturated rings. The number of nitrogens with zero attached hydrogens (tertiary/aromatic N) is 4. The summed E-state index contributed by atoms with van der Waals surface area (Å²) in [5, 5.41) is 17.1. The zero-order valence-electron chi connectivity index (χ0n) is 20.1. The summed E-state index contributed by atoms with van der Waals surface area (Å²) in [6.07, 6.45) is 0.601. The first-order valence-corrected chi connectivity index (χ1v) is 12.0. The van der Waals surface area contributed by atoms with Crippen molar-refractivity contribution in [3.05, 3.63) is 60.0 Å². The number of hydrogen-bond donors (Lipinski definition) is 1. The summed E-state index contributed by atoms with van der Waals surface area (Å²) in [6.45, 7) is 2.45. The van der Waals surface area contributed by atoms with E-state index in [-0.39, 0.29) is 23.8 Å². The van der Waals surface area contributed by atoms with Crippen molar-refractivity contribution in [1.29, 1.82) is 0 Å². The number of methoxy groups -OCH3 is 1. The van der Waals surface area contributed by atoms with Crippen LogP contribution in [0.15, 0.2) is 52.9 Å². The Balaban J connectivity index is 1.08. The lowest BCUT2D eigenvalue weighted by Gasteiger charge is -2.38. The smallest absolute Gasteiger partial charge is 0.311 e. The third kappa shape index (κ3) is 5.34. The van der Waals surface area contributed by atoms with E-state index in [4.69, 9.17) is 13.9 Å². The number of aromatic nitrogens is 2. The molecule has 2 aliphatic heterocycles. The standard InChI is InChI=1S/C26H29FN4O5/c1-34-20-8-4-19(5-9-20)23-28-29-24(36-23)25(33)31-15-22(16-31)35-21-6-2-18(3-7-21)14-30-12-10-26(27,17-32)11-13-30/h2-9,22,32H,10-17H2,1H3. The lowest BCUT2D eigenvalue weighted by Crippen LogP contribution is -2.56. The van der Waals surface area contributed by atoms with Gasteiger partial charge in [-0.15, -0.1) is 10.2 Å². The second-order valence-electron chi connectivity index (χ2n) is 9.32. The zero-order valence-corrected chi connectivity index (χ0v) is 20.1. The van der Waals surface area contributed by atoms with Gasteiger partial charge in [-0.25, -0.2) is 4.39 Å². The molecule has 0 saturated carbocycles. The predicted octanol–water partition coefficient (Wildman–Crippen LogP) is 2.95. The summed E-state index contributed by atoms with van der Waals surface area (Å²) in [4.78, 5) is 16.5. The van der Waals surface area contributed by atoms with Gasteiger partial charge in [0.05, 0.1) is 26.8 Å². The van der Waals surface area contributed by atoms with Crippen LogP contribution in [-0.2, 0) is 6.54 Å². The Morgan fingerprint density at radius 2 is 1.75 bits per heavy atom. The molecule has 10 heteroatoms. The molecule has 2 aromatic carbocycles. The van der Waals surface area contributed by atoms with Gasteiger partial charge in [0.2, 0.25) is 5.89 Å². The molecular formula is C26H29FN4O5. The molecule has 190 valence electrons. The number of amides is 1. The first-order valence-electron chi connectivity index (χ1n) is 12.0. The van der Waals surface area contributed by atoms with Crippen molar-refractivity contribution < 1.29 is 28.2 Å². The summed E-state index contributed by atoms with van der Waals surface area (Å²) < 4.78 is 30.9. The van der Waals surface area contributed by atoms with Crippen molar-refractivity contribution in [3.63, 3.8) is 0 Å². The van der Waals surface area contributed by atoms with Gasteiger partial charge in [-0.05, 0) is 54.8 Å². The minimum atomic E-state index is -1.44. The van der Waals surface area contributed by atoms with Gasteiger partial charge in [-0.1, -0.05) is 12.1 Å². The van der Waals surface area contributed by atoms with Crippen LogP contribution in [0.4, 0.5) is 4.39 Å². The second-order valence-corrected chi connectivity index (χ2v) is 9.32. The number of piperidine rings is 1. The zero-order chi connectivity index (χ0) is 25.1. The van der Waals surface area contributed by atoms with Crippen molar-refractivity contribution >= 4 is 5.91 Å². The molecule has 3 aromatic rings. The summed E-state index contributed by atoms with van der Waals surface area (Å²) in [5.74, 6) is 1.35. The number of aliphatic hydroxyl groups is 1. The third-order valence-electron chi connectivity index (χ3n) is 6.75. The largest absolute Gasteiger partial charge is 0.497 e. The van der Waals surface area contributed by atoms with E-state index < -0.39 is 12.3 Å². The molecule has 0 radical (unpaired) electrons. The third-order valence-corrected chi connectivity index (χ3v) is 6.75. The maximum Gasteiger partial charge on any atom is 0.311 e. The Morgan fingerprint density at radius 3 is 2.39 bits per heavy atom. The van der Waals surface area contributed by atoms with Crippen molar-refractivity contribution in [2.24, 2.45) is 0 Å².